The van der Waals surface area contributed by atoms with Crippen LogP contribution in [0.15, 0.2) is 18.2 Å². The molecule has 0 aromatic heterocycles. The van der Waals surface area contributed by atoms with Crippen LogP contribution in [0.3, 0.4) is 0 Å². The highest BCUT2D eigenvalue weighted by Gasteiger charge is 2.13. The number of rotatable bonds is 3. The van der Waals surface area contributed by atoms with Gasteiger partial charge in [0, 0.05) is 18.0 Å². The monoisotopic (exact) mass is 290 g/mol. The predicted molar refractivity (Wildman–Crippen MR) is 60.9 cm³/mol. The molecular formula is C10H8BrClO3. The molecule has 5 heteroatoms. The van der Waals surface area contributed by atoms with Gasteiger partial charge in [-0.25, -0.2) is 0 Å². The summed E-state index contributed by atoms with van der Waals surface area (Å²) in [4.78, 5) is 22.2. The summed E-state index contributed by atoms with van der Waals surface area (Å²) in [5, 5.41) is 0.584. The molecule has 0 amide bonds. The van der Waals surface area contributed by atoms with Crippen LogP contribution in [-0.4, -0.2) is 17.1 Å². The Balaban J connectivity index is 3.13. The first-order valence-corrected chi connectivity index (χ1v) is 5.61. The smallest absolute Gasteiger partial charge is 0.308 e. The molecule has 0 fully saturated rings. The van der Waals surface area contributed by atoms with Gasteiger partial charge in [0.1, 0.15) is 5.75 Å². The average molecular weight is 292 g/mol. The van der Waals surface area contributed by atoms with Gasteiger partial charge in [-0.15, -0.1) is 0 Å². The quantitative estimate of drug-likeness (QED) is 0.372. The number of hydrogen-bond donors (Lipinski definition) is 0. The number of ether oxygens (including phenoxy) is 1. The normalized spacial score (nSPS) is 9.80. The standard InChI is InChI=1S/C10H8BrClO3/c1-6(13)15-10-4-7(12)2-3-8(10)9(14)5-11/h2-4H,5H2,1H3. The minimum absolute atomic E-state index is 0.164. The Morgan fingerprint density at radius 3 is 2.67 bits per heavy atom. The molecule has 0 saturated heterocycles. The summed E-state index contributed by atoms with van der Waals surface area (Å²) in [5.74, 6) is -0.455. The number of carbonyl (C=O) groups is 2. The second-order valence-electron chi connectivity index (χ2n) is 2.79. The molecule has 1 aromatic rings. The SMILES string of the molecule is CC(=O)Oc1cc(Cl)ccc1C(=O)CBr. The van der Waals surface area contributed by atoms with Crippen molar-refractivity contribution in [2.24, 2.45) is 0 Å². The van der Waals surface area contributed by atoms with Crippen LogP contribution in [0.2, 0.25) is 5.02 Å². The molecule has 0 bridgehead atoms. The average Bonchev–Trinajstić information content (AvgIpc) is 2.16. The summed E-state index contributed by atoms with van der Waals surface area (Å²) >= 11 is 8.78. The second kappa shape index (κ2) is 5.28. The number of esters is 1. The highest BCUT2D eigenvalue weighted by molar-refractivity contribution is 9.09. The first kappa shape index (κ1) is 12.2. The van der Waals surface area contributed by atoms with Gasteiger partial charge in [-0.2, -0.15) is 0 Å². The molecule has 0 radical (unpaired) electrons. The maximum absolute atomic E-state index is 11.4. The van der Waals surface area contributed by atoms with Crippen LogP contribution in [0.25, 0.3) is 0 Å². The van der Waals surface area contributed by atoms with E-state index in [0.717, 1.165) is 0 Å². The van der Waals surface area contributed by atoms with Crippen molar-refractivity contribution in [2.45, 2.75) is 6.92 Å². The van der Waals surface area contributed by atoms with E-state index in [1.54, 1.807) is 6.07 Å². The molecule has 0 atom stereocenters. The number of ketones is 1. The Kier molecular flexibility index (Phi) is 4.29. The zero-order valence-electron chi connectivity index (χ0n) is 7.92. The summed E-state index contributed by atoms with van der Waals surface area (Å²) < 4.78 is 4.88. The van der Waals surface area contributed by atoms with Crippen LogP contribution in [0.1, 0.15) is 17.3 Å². The minimum atomic E-state index is -0.485. The van der Waals surface area contributed by atoms with Gasteiger partial charge in [0.15, 0.2) is 5.78 Å². The van der Waals surface area contributed by atoms with Crippen molar-refractivity contribution in [3.8, 4) is 5.75 Å². The van der Waals surface area contributed by atoms with Crippen molar-refractivity contribution < 1.29 is 14.3 Å². The molecule has 0 heterocycles. The van der Waals surface area contributed by atoms with Crippen LogP contribution in [0, 0.1) is 0 Å². The van der Waals surface area contributed by atoms with Crippen LogP contribution in [0.5, 0.6) is 5.75 Å². The van der Waals surface area contributed by atoms with Crippen LogP contribution >= 0.6 is 27.5 Å². The molecule has 1 rings (SSSR count). The topological polar surface area (TPSA) is 43.4 Å². The van der Waals surface area contributed by atoms with E-state index in [-0.39, 0.29) is 16.9 Å². The third kappa shape index (κ3) is 3.32. The van der Waals surface area contributed by atoms with Crippen molar-refractivity contribution in [1.82, 2.24) is 0 Å². The predicted octanol–water partition coefficient (Wildman–Crippen LogP) is 2.84. The van der Waals surface area contributed by atoms with Gasteiger partial charge in [-0.1, -0.05) is 27.5 Å². The lowest BCUT2D eigenvalue weighted by molar-refractivity contribution is -0.131. The number of hydrogen-bond acceptors (Lipinski definition) is 3. The molecule has 0 saturated carbocycles. The van der Waals surface area contributed by atoms with E-state index in [4.69, 9.17) is 16.3 Å². The highest BCUT2D eigenvalue weighted by Crippen LogP contribution is 2.24. The molecule has 0 aliphatic carbocycles. The fourth-order valence-electron chi connectivity index (χ4n) is 1.04. The molecule has 80 valence electrons. The third-order valence-electron chi connectivity index (χ3n) is 1.62. The maximum atomic E-state index is 11.4. The highest BCUT2D eigenvalue weighted by atomic mass is 79.9. The van der Waals surface area contributed by atoms with E-state index < -0.39 is 5.97 Å². The Bertz CT molecular complexity index is 404. The zero-order valence-corrected chi connectivity index (χ0v) is 10.3. The molecule has 15 heavy (non-hydrogen) atoms. The van der Waals surface area contributed by atoms with E-state index in [2.05, 4.69) is 15.9 Å². The van der Waals surface area contributed by atoms with Gasteiger partial charge < -0.3 is 4.74 Å². The summed E-state index contributed by atoms with van der Waals surface area (Å²) in [6.07, 6.45) is 0. The Labute approximate surface area is 100 Å². The third-order valence-corrected chi connectivity index (χ3v) is 2.36. The lowest BCUT2D eigenvalue weighted by Crippen LogP contribution is -2.08. The largest absolute Gasteiger partial charge is 0.426 e. The van der Waals surface area contributed by atoms with Crippen molar-refractivity contribution in [2.75, 3.05) is 5.33 Å². The lowest BCUT2D eigenvalue weighted by Gasteiger charge is -2.07. The van der Waals surface area contributed by atoms with E-state index in [1.165, 1.54) is 19.1 Å². The summed E-state index contributed by atoms with van der Waals surface area (Å²) in [6.45, 7) is 1.27. The summed E-state index contributed by atoms with van der Waals surface area (Å²) in [6, 6.07) is 4.55. The lowest BCUT2D eigenvalue weighted by atomic mass is 10.1. The molecule has 0 N–H and O–H groups in total. The van der Waals surface area contributed by atoms with Gasteiger partial charge in [-0.3, -0.25) is 9.59 Å². The Morgan fingerprint density at radius 2 is 2.13 bits per heavy atom. The Hall–Kier alpha value is -0.870. The first-order valence-electron chi connectivity index (χ1n) is 4.11. The summed E-state index contributed by atoms with van der Waals surface area (Å²) in [5.41, 5.74) is 0.339. The first-order chi connectivity index (χ1) is 7.04. The Morgan fingerprint density at radius 1 is 1.47 bits per heavy atom. The van der Waals surface area contributed by atoms with Gasteiger partial charge >= 0.3 is 5.97 Å². The molecule has 0 unspecified atom stereocenters. The summed E-state index contributed by atoms with van der Waals surface area (Å²) in [7, 11) is 0. The van der Waals surface area contributed by atoms with Crippen molar-refractivity contribution in [3.05, 3.63) is 28.8 Å². The number of halogens is 2. The minimum Gasteiger partial charge on any atom is -0.426 e. The molecule has 3 nitrogen and oxygen atoms in total. The molecule has 0 aliphatic heterocycles. The molecule has 1 aromatic carbocycles. The van der Waals surface area contributed by atoms with E-state index in [9.17, 15) is 9.59 Å². The second-order valence-corrected chi connectivity index (χ2v) is 3.79. The van der Waals surface area contributed by atoms with Gasteiger partial charge in [0.05, 0.1) is 10.9 Å². The van der Waals surface area contributed by atoms with Gasteiger partial charge in [0.2, 0.25) is 0 Å². The number of benzene rings is 1. The van der Waals surface area contributed by atoms with Crippen molar-refractivity contribution >= 4 is 39.3 Å². The molecule has 0 spiro atoms. The van der Waals surface area contributed by atoms with Gasteiger partial charge in [0.25, 0.3) is 0 Å². The van der Waals surface area contributed by atoms with E-state index in [1.807, 2.05) is 0 Å². The maximum Gasteiger partial charge on any atom is 0.308 e. The van der Waals surface area contributed by atoms with E-state index >= 15 is 0 Å². The zero-order chi connectivity index (χ0) is 11.4. The molecule has 0 aliphatic rings. The number of alkyl halides is 1. The number of carbonyl (C=O) groups excluding carboxylic acids is 2. The van der Waals surface area contributed by atoms with Crippen LogP contribution in [-0.2, 0) is 4.79 Å². The van der Waals surface area contributed by atoms with Gasteiger partial charge in [-0.05, 0) is 12.1 Å². The van der Waals surface area contributed by atoms with E-state index in [0.29, 0.717) is 10.6 Å². The van der Waals surface area contributed by atoms with Crippen LogP contribution < -0.4 is 4.74 Å². The fraction of sp³-hybridized carbons (Fsp3) is 0.200. The fourth-order valence-corrected chi connectivity index (χ4v) is 1.50. The molecular weight excluding hydrogens is 283 g/mol. The number of Topliss-reactive ketones (excluding diaryl/α,β-unsaturated/α-hetero) is 1. The van der Waals surface area contributed by atoms with Crippen molar-refractivity contribution in [1.29, 1.82) is 0 Å². The van der Waals surface area contributed by atoms with Crippen LogP contribution in [0.4, 0.5) is 0 Å². The van der Waals surface area contributed by atoms with Crippen molar-refractivity contribution in [3.63, 3.8) is 0 Å².